The number of aryl methyl sites for hydroxylation is 2. The summed E-state index contributed by atoms with van der Waals surface area (Å²) >= 11 is 0. The average molecular weight is 439 g/mol. The predicted molar refractivity (Wildman–Crippen MR) is 125 cm³/mol. The molecule has 1 fully saturated rings. The quantitative estimate of drug-likeness (QED) is 0.613. The van der Waals surface area contributed by atoms with E-state index >= 15 is 0 Å². The number of nitrogens with one attached hydrogen (secondary N) is 1. The molecule has 1 saturated heterocycles. The van der Waals surface area contributed by atoms with Crippen LogP contribution in [0.25, 0.3) is 0 Å². The number of carbonyl (C=O) groups is 2. The first-order chi connectivity index (χ1) is 15.6. The molecule has 1 aliphatic rings. The number of carbonyl (C=O) groups excluding carboxylic acids is 2. The Hall–Kier alpha value is -3.02. The Kier molecular flexibility index (Phi) is 8.96. The summed E-state index contributed by atoms with van der Waals surface area (Å²) in [4.78, 5) is 26.6. The minimum Gasteiger partial charge on any atom is -0.484 e. The van der Waals surface area contributed by atoms with Gasteiger partial charge in [0.1, 0.15) is 11.5 Å². The fraction of sp³-hybridized carbons (Fsp3) is 0.462. The largest absolute Gasteiger partial charge is 0.484 e. The van der Waals surface area contributed by atoms with Crippen LogP contribution < -0.4 is 14.8 Å². The maximum atomic E-state index is 12.5. The molecular formula is C26H34N2O4. The Morgan fingerprint density at radius 2 is 1.69 bits per heavy atom. The molecule has 0 aliphatic carbocycles. The molecule has 0 atom stereocenters. The Morgan fingerprint density at radius 1 is 0.969 bits per heavy atom. The standard InChI is InChI=1S/C26H34N2O4/c1-3-7-20-10-12-23(13-11-20)31-18-25(29)27-22-14-16-28(17-15-22)26(30)19-32-24-9-6-5-8-21(24)4-2/h5-6,8-13,22H,3-4,7,14-19H2,1-2H3,(H,27,29). The highest BCUT2D eigenvalue weighted by Gasteiger charge is 2.24. The maximum absolute atomic E-state index is 12.5. The van der Waals surface area contributed by atoms with Gasteiger partial charge in [0.25, 0.3) is 11.8 Å². The van der Waals surface area contributed by atoms with Gasteiger partial charge in [-0.05, 0) is 55.0 Å². The molecule has 1 aliphatic heterocycles. The van der Waals surface area contributed by atoms with Crippen molar-refractivity contribution >= 4 is 11.8 Å². The van der Waals surface area contributed by atoms with Crippen LogP contribution >= 0.6 is 0 Å². The lowest BCUT2D eigenvalue weighted by Crippen LogP contribution is -2.48. The fourth-order valence-corrected chi connectivity index (χ4v) is 3.90. The lowest BCUT2D eigenvalue weighted by atomic mass is 10.1. The monoisotopic (exact) mass is 438 g/mol. The van der Waals surface area contributed by atoms with Gasteiger partial charge in [-0.25, -0.2) is 0 Å². The molecule has 0 spiro atoms. The summed E-state index contributed by atoms with van der Waals surface area (Å²) in [6.45, 7) is 5.48. The van der Waals surface area contributed by atoms with Crippen LogP contribution in [-0.2, 0) is 22.4 Å². The fourth-order valence-electron chi connectivity index (χ4n) is 3.90. The van der Waals surface area contributed by atoms with E-state index in [4.69, 9.17) is 9.47 Å². The SMILES string of the molecule is CCCc1ccc(OCC(=O)NC2CCN(C(=O)COc3ccccc3CC)CC2)cc1. The molecule has 0 saturated carbocycles. The third-order valence-electron chi connectivity index (χ3n) is 5.75. The van der Waals surface area contributed by atoms with Crippen molar-refractivity contribution in [2.75, 3.05) is 26.3 Å². The molecule has 1 N–H and O–H groups in total. The van der Waals surface area contributed by atoms with E-state index in [0.29, 0.717) is 18.8 Å². The van der Waals surface area contributed by atoms with Crippen molar-refractivity contribution in [3.8, 4) is 11.5 Å². The highest BCUT2D eigenvalue weighted by atomic mass is 16.5. The Labute approximate surface area is 190 Å². The van der Waals surface area contributed by atoms with Gasteiger partial charge < -0.3 is 19.7 Å². The van der Waals surface area contributed by atoms with Crippen molar-refractivity contribution in [2.45, 2.75) is 52.0 Å². The number of amides is 2. The summed E-state index contributed by atoms with van der Waals surface area (Å²) in [5, 5.41) is 3.02. The molecule has 1 heterocycles. The second-order valence-electron chi connectivity index (χ2n) is 8.16. The van der Waals surface area contributed by atoms with E-state index in [1.54, 1.807) is 0 Å². The molecule has 6 heteroatoms. The molecule has 2 amide bonds. The van der Waals surface area contributed by atoms with Gasteiger partial charge in [-0.15, -0.1) is 0 Å². The van der Waals surface area contributed by atoms with E-state index in [0.717, 1.165) is 43.4 Å². The van der Waals surface area contributed by atoms with Crippen LogP contribution in [0.15, 0.2) is 48.5 Å². The Bertz CT molecular complexity index is 874. The smallest absolute Gasteiger partial charge is 0.260 e. The summed E-state index contributed by atoms with van der Waals surface area (Å²) < 4.78 is 11.4. The zero-order chi connectivity index (χ0) is 22.8. The highest BCUT2D eigenvalue weighted by Crippen LogP contribution is 2.19. The zero-order valence-electron chi connectivity index (χ0n) is 19.1. The van der Waals surface area contributed by atoms with Crippen LogP contribution in [0.1, 0.15) is 44.2 Å². The van der Waals surface area contributed by atoms with E-state index in [-0.39, 0.29) is 31.1 Å². The minimum atomic E-state index is -0.132. The normalized spacial score (nSPS) is 14.1. The number of likely N-dealkylation sites (tertiary alicyclic amines) is 1. The number of rotatable bonds is 10. The summed E-state index contributed by atoms with van der Waals surface area (Å²) in [6.07, 6.45) is 4.47. The third kappa shape index (κ3) is 7.01. The number of ether oxygens (including phenoxy) is 2. The van der Waals surface area contributed by atoms with E-state index in [2.05, 4.69) is 19.2 Å². The van der Waals surface area contributed by atoms with E-state index in [1.807, 2.05) is 53.4 Å². The van der Waals surface area contributed by atoms with Gasteiger partial charge >= 0.3 is 0 Å². The molecule has 0 unspecified atom stereocenters. The summed E-state index contributed by atoms with van der Waals surface area (Å²) in [5.41, 5.74) is 2.37. The first kappa shape index (κ1) is 23.6. The van der Waals surface area contributed by atoms with Crippen molar-refractivity contribution < 1.29 is 19.1 Å². The van der Waals surface area contributed by atoms with Gasteiger partial charge in [0.15, 0.2) is 13.2 Å². The summed E-state index contributed by atoms with van der Waals surface area (Å²) in [7, 11) is 0. The van der Waals surface area contributed by atoms with Crippen LogP contribution in [0.3, 0.4) is 0 Å². The van der Waals surface area contributed by atoms with Crippen LogP contribution in [0, 0.1) is 0 Å². The van der Waals surface area contributed by atoms with Crippen molar-refractivity contribution in [1.82, 2.24) is 10.2 Å². The van der Waals surface area contributed by atoms with Gasteiger partial charge in [-0.1, -0.05) is 50.6 Å². The van der Waals surface area contributed by atoms with Gasteiger partial charge in [0, 0.05) is 19.1 Å². The van der Waals surface area contributed by atoms with Gasteiger partial charge in [-0.3, -0.25) is 9.59 Å². The molecule has 0 radical (unpaired) electrons. The summed E-state index contributed by atoms with van der Waals surface area (Å²) in [6, 6.07) is 15.7. The van der Waals surface area contributed by atoms with Gasteiger partial charge in [-0.2, -0.15) is 0 Å². The number of hydrogen-bond donors (Lipinski definition) is 1. The summed E-state index contributed by atoms with van der Waals surface area (Å²) in [5.74, 6) is 1.32. The first-order valence-corrected chi connectivity index (χ1v) is 11.6. The number of benzene rings is 2. The molecule has 6 nitrogen and oxygen atoms in total. The predicted octanol–water partition coefficient (Wildman–Crippen LogP) is 3.77. The Morgan fingerprint density at radius 3 is 2.38 bits per heavy atom. The van der Waals surface area contributed by atoms with E-state index in [9.17, 15) is 9.59 Å². The van der Waals surface area contributed by atoms with Crippen LogP contribution in [0.5, 0.6) is 11.5 Å². The van der Waals surface area contributed by atoms with E-state index < -0.39 is 0 Å². The van der Waals surface area contributed by atoms with Crippen LogP contribution in [-0.4, -0.2) is 49.1 Å². The maximum Gasteiger partial charge on any atom is 0.260 e. The van der Waals surface area contributed by atoms with Crippen molar-refractivity contribution in [2.24, 2.45) is 0 Å². The topological polar surface area (TPSA) is 67.9 Å². The van der Waals surface area contributed by atoms with Gasteiger partial charge in [0.2, 0.25) is 0 Å². The van der Waals surface area contributed by atoms with Crippen molar-refractivity contribution in [1.29, 1.82) is 0 Å². The second-order valence-corrected chi connectivity index (χ2v) is 8.16. The molecular weight excluding hydrogens is 404 g/mol. The zero-order valence-corrected chi connectivity index (χ0v) is 19.1. The number of hydrogen-bond acceptors (Lipinski definition) is 4. The lowest BCUT2D eigenvalue weighted by Gasteiger charge is -2.32. The third-order valence-corrected chi connectivity index (χ3v) is 5.75. The molecule has 0 aromatic heterocycles. The van der Waals surface area contributed by atoms with Gasteiger partial charge in [0.05, 0.1) is 0 Å². The van der Waals surface area contributed by atoms with Crippen LogP contribution in [0.2, 0.25) is 0 Å². The molecule has 2 aromatic rings. The first-order valence-electron chi connectivity index (χ1n) is 11.6. The second kappa shape index (κ2) is 12.1. The highest BCUT2D eigenvalue weighted by molar-refractivity contribution is 5.79. The molecule has 32 heavy (non-hydrogen) atoms. The minimum absolute atomic E-state index is 0.00303. The molecule has 3 rings (SSSR count). The lowest BCUT2D eigenvalue weighted by molar-refractivity contribution is -0.134. The molecule has 2 aromatic carbocycles. The average Bonchev–Trinajstić information content (AvgIpc) is 2.83. The van der Waals surface area contributed by atoms with Crippen LogP contribution in [0.4, 0.5) is 0 Å². The van der Waals surface area contributed by atoms with Crippen molar-refractivity contribution in [3.63, 3.8) is 0 Å². The van der Waals surface area contributed by atoms with E-state index in [1.165, 1.54) is 5.56 Å². The Balaban J connectivity index is 1.35. The molecule has 0 bridgehead atoms. The molecule has 172 valence electrons. The number of nitrogens with zero attached hydrogens (tertiary/aromatic N) is 1. The van der Waals surface area contributed by atoms with Crippen molar-refractivity contribution in [3.05, 3.63) is 59.7 Å². The number of para-hydroxylation sites is 1. The number of piperidine rings is 1.